The van der Waals surface area contributed by atoms with Gasteiger partial charge < -0.3 is 4.98 Å². The van der Waals surface area contributed by atoms with Crippen molar-refractivity contribution < 1.29 is 4.79 Å². The maximum absolute atomic E-state index is 12.5. The average molecular weight is 312 g/mol. The molecule has 0 aliphatic carbocycles. The third-order valence-electron chi connectivity index (χ3n) is 4.09. The van der Waals surface area contributed by atoms with E-state index in [2.05, 4.69) is 31.0 Å². The number of hydrogen-bond donors (Lipinski definition) is 1. The first-order chi connectivity index (χ1) is 10.6. The minimum absolute atomic E-state index is 0.147. The Hall–Kier alpha value is -2.06. The number of aromatic nitrogens is 1. The van der Waals surface area contributed by atoms with Crippen molar-refractivity contribution in [2.45, 2.75) is 26.2 Å². The van der Waals surface area contributed by atoms with Crippen molar-refractivity contribution in [3.8, 4) is 0 Å². The summed E-state index contributed by atoms with van der Waals surface area (Å²) < 4.78 is 0. The summed E-state index contributed by atoms with van der Waals surface area (Å²) >= 11 is 5.87. The Kier molecular flexibility index (Phi) is 4.04. The van der Waals surface area contributed by atoms with E-state index < -0.39 is 0 Å². The van der Waals surface area contributed by atoms with Crippen LogP contribution in [0.15, 0.2) is 48.5 Å². The number of hydrogen-bond acceptors (Lipinski definition) is 1. The first-order valence-electron chi connectivity index (χ1n) is 7.42. The highest BCUT2D eigenvalue weighted by molar-refractivity contribution is 6.30. The van der Waals surface area contributed by atoms with Gasteiger partial charge in [-0.05, 0) is 48.7 Å². The number of ketones is 1. The van der Waals surface area contributed by atoms with Gasteiger partial charge in [0.15, 0.2) is 5.78 Å². The Bertz CT molecular complexity index is 817. The van der Waals surface area contributed by atoms with Gasteiger partial charge in [-0.15, -0.1) is 0 Å². The number of nitrogens with one attached hydrogen (secondary N) is 1. The zero-order chi connectivity index (χ0) is 15.7. The zero-order valence-corrected chi connectivity index (χ0v) is 13.4. The molecule has 0 saturated carbocycles. The Labute approximate surface area is 135 Å². The summed E-state index contributed by atoms with van der Waals surface area (Å²) in [5, 5.41) is 1.86. The van der Waals surface area contributed by atoms with E-state index in [1.807, 2.05) is 12.1 Å². The molecule has 1 N–H and O–H groups in total. The third kappa shape index (κ3) is 2.79. The predicted molar refractivity (Wildman–Crippen MR) is 91.9 cm³/mol. The van der Waals surface area contributed by atoms with E-state index in [1.54, 1.807) is 24.3 Å². The van der Waals surface area contributed by atoms with E-state index in [4.69, 9.17) is 11.6 Å². The second-order valence-electron chi connectivity index (χ2n) is 5.74. The summed E-state index contributed by atoms with van der Waals surface area (Å²) in [6, 6.07) is 15.3. The van der Waals surface area contributed by atoms with Crippen molar-refractivity contribution in [1.82, 2.24) is 4.98 Å². The second kappa shape index (κ2) is 5.98. The molecule has 112 valence electrons. The van der Waals surface area contributed by atoms with Crippen LogP contribution in [0.25, 0.3) is 10.9 Å². The number of fused-ring (bicyclic) bond motifs is 1. The lowest BCUT2D eigenvalue weighted by Crippen LogP contribution is -2.05. The lowest BCUT2D eigenvalue weighted by Gasteiger charge is -2.12. The van der Waals surface area contributed by atoms with Gasteiger partial charge in [-0.2, -0.15) is 0 Å². The van der Waals surface area contributed by atoms with Crippen molar-refractivity contribution >= 4 is 28.3 Å². The van der Waals surface area contributed by atoms with Crippen molar-refractivity contribution in [3.05, 3.63) is 70.4 Å². The van der Waals surface area contributed by atoms with Crippen LogP contribution in [0.5, 0.6) is 0 Å². The second-order valence-corrected chi connectivity index (χ2v) is 6.18. The number of para-hydroxylation sites is 1. The van der Waals surface area contributed by atoms with E-state index in [0.717, 1.165) is 11.2 Å². The molecule has 0 radical (unpaired) electrons. The van der Waals surface area contributed by atoms with E-state index in [9.17, 15) is 4.79 Å². The fourth-order valence-electron chi connectivity index (χ4n) is 3.07. The van der Waals surface area contributed by atoms with Crippen molar-refractivity contribution in [2.75, 3.05) is 0 Å². The monoisotopic (exact) mass is 311 g/mol. The summed E-state index contributed by atoms with van der Waals surface area (Å²) in [5.74, 6) is 0.313. The summed E-state index contributed by atoms with van der Waals surface area (Å²) in [4.78, 5) is 15.9. The minimum Gasteiger partial charge on any atom is -0.358 e. The first kappa shape index (κ1) is 14.9. The molecule has 3 rings (SSSR count). The number of H-pyrrole nitrogens is 1. The lowest BCUT2D eigenvalue weighted by atomic mass is 9.91. The van der Waals surface area contributed by atoms with E-state index in [-0.39, 0.29) is 11.7 Å². The molecule has 0 aliphatic heterocycles. The maximum atomic E-state index is 12.5. The van der Waals surface area contributed by atoms with Crippen molar-refractivity contribution in [2.24, 2.45) is 0 Å². The molecule has 0 bridgehead atoms. The average Bonchev–Trinajstić information content (AvgIpc) is 2.83. The fourth-order valence-corrected chi connectivity index (χ4v) is 3.19. The van der Waals surface area contributed by atoms with Crippen LogP contribution in [0.3, 0.4) is 0 Å². The minimum atomic E-state index is 0.147. The van der Waals surface area contributed by atoms with Gasteiger partial charge in [-0.3, -0.25) is 4.79 Å². The van der Waals surface area contributed by atoms with Gasteiger partial charge in [-0.25, -0.2) is 0 Å². The van der Waals surface area contributed by atoms with Crippen molar-refractivity contribution in [3.63, 3.8) is 0 Å². The number of carbonyl (C=O) groups excluding carboxylic acids is 1. The van der Waals surface area contributed by atoms with Gasteiger partial charge in [0.2, 0.25) is 0 Å². The molecule has 1 heterocycles. The molecular formula is C19H18ClNO. The number of carbonyl (C=O) groups is 1. The van der Waals surface area contributed by atoms with Gasteiger partial charge in [0, 0.05) is 33.6 Å². The highest BCUT2D eigenvalue weighted by atomic mass is 35.5. The molecule has 1 atom stereocenters. The lowest BCUT2D eigenvalue weighted by molar-refractivity contribution is 0.0976. The molecule has 0 saturated heterocycles. The molecule has 0 fully saturated rings. The molecular weight excluding hydrogens is 294 g/mol. The molecule has 0 spiro atoms. The number of rotatable bonds is 4. The standard InChI is InChI=1S/C19H18ClNO/c1-12(11-18(22)14-7-9-15(20)10-8-14)19-13(2)21-17-6-4-3-5-16(17)19/h3-10,12,21H,11H2,1-2H3. The predicted octanol–water partition coefficient (Wildman–Crippen LogP) is 5.51. The van der Waals surface area contributed by atoms with Crippen LogP contribution < -0.4 is 0 Å². The summed E-state index contributed by atoms with van der Waals surface area (Å²) in [6.45, 7) is 4.18. The highest BCUT2D eigenvalue weighted by Crippen LogP contribution is 2.31. The SMILES string of the molecule is Cc1[nH]c2ccccc2c1C(C)CC(=O)c1ccc(Cl)cc1. The molecule has 1 unspecified atom stereocenters. The molecule has 3 heteroatoms. The first-order valence-corrected chi connectivity index (χ1v) is 7.80. The van der Waals surface area contributed by atoms with Crippen LogP contribution in [0, 0.1) is 6.92 Å². The largest absolute Gasteiger partial charge is 0.358 e. The summed E-state index contributed by atoms with van der Waals surface area (Å²) in [6.07, 6.45) is 0.490. The topological polar surface area (TPSA) is 32.9 Å². The Morgan fingerprint density at radius 2 is 1.82 bits per heavy atom. The smallest absolute Gasteiger partial charge is 0.163 e. The van der Waals surface area contributed by atoms with Crippen LogP contribution in [0.1, 0.15) is 40.9 Å². The molecule has 0 amide bonds. The number of aromatic amines is 1. The fraction of sp³-hybridized carbons (Fsp3) is 0.211. The number of Topliss-reactive ketones (excluding diaryl/α,β-unsaturated/α-hetero) is 1. The molecule has 1 aromatic heterocycles. The van der Waals surface area contributed by atoms with Crippen LogP contribution >= 0.6 is 11.6 Å². The van der Waals surface area contributed by atoms with Gasteiger partial charge >= 0.3 is 0 Å². The highest BCUT2D eigenvalue weighted by Gasteiger charge is 2.18. The summed E-state index contributed by atoms with van der Waals surface area (Å²) in [5.41, 5.74) is 4.21. The van der Waals surface area contributed by atoms with E-state index >= 15 is 0 Å². The molecule has 3 aromatic rings. The van der Waals surface area contributed by atoms with E-state index in [0.29, 0.717) is 17.0 Å². The van der Waals surface area contributed by atoms with Crippen LogP contribution in [0.2, 0.25) is 5.02 Å². The van der Waals surface area contributed by atoms with Crippen LogP contribution in [-0.2, 0) is 0 Å². The molecule has 0 aliphatic rings. The Balaban J connectivity index is 1.87. The van der Waals surface area contributed by atoms with Crippen LogP contribution in [-0.4, -0.2) is 10.8 Å². The zero-order valence-electron chi connectivity index (χ0n) is 12.7. The quantitative estimate of drug-likeness (QED) is 0.633. The maximum Gasteiger partial charge on any atom is 0.163 e. The van der Waals surface area contributed by atoms with Gasteiger partial charge in [0.05, 0.1) is 0 Å². The Morgan fingerprint density at radius 1 is 1.14 bits per heavy atom. The molecule has 2 nitrogen and oxygen atoms in total. The number of halogens is 1. The van der Waals surface area contributed by atoms with Crippen LogP contribution in [0.4, 0.5) is 0 Å². The molecule has 22 heavy (non-hydrogen) atoms. The van der Waals surface area contributed by atoms with Crippen molar-refractivity contribution in [1.29, 1.82) is 0 Å². The number of benzene rings is 2. The Morgan fingerprint density at radius 3 is 2.55 bits per heavy atom. The summed E-state index contributed by atoms with van der Waals surface area (Å²) in [7, 11) is 0. The molecule has 2 aromatic carbocycles. The van der Waals surface area contributed by atoms with Gasteiger partial charge in [0.25, 0.3) is 0 Å². The normalized spacial score (nSPS) is 12.5. The number of aryl methyl sites for hydroxylation is 1. The third-order valence-corrected chi connectivity index (χ3v) is 4.35. The van der Waals surface area contributed by atoms with Gasteiger partial charge in [0.1, 0.15) is 0 Å². The van der Waals surface area contributed by atoms with Gasteiger partial charge in [-0.1, -0.05) is 36.7 Å². The van der Waals surface area contributed by atoms with E-state index in [1.165, 1.54) is 10.9 Å².